The summed E-state index contributed by atoms with van der Waals surface area (Å²) in [6.45, 7) is 0.596. The van der Waals surface area contributed by atoms with Gasteiger partial charge in [0.1, 0.15) is 0 Å². The Morgan fingerprint density at radius 1 is 1.00 bits per heavy atom. The van der Waals surface area contributed by atoms with E-state index in [-0.39, 0.29) is 5.91 Å². The van der Waals surface area contributed by atoms with Crippen LogP contribution in [0.4, 0.5) is 5.69 Å². The van der Waals surface area contributed by atoms with Crippen LogP contribution < -0.4 is 4.90 Å². The molecule has 0 fully saturated rings. The minimum absolute atomic E-state index is 0.0219. The van der Waals surface area contributed by atoms with Crippen molar-refractivity contribution in [2.24, 2.45) is 0 Å². The van der Waals surface area contributed by atoms with Crippen LogP contribution in [0, 0.1) is 0 Å². The van der Waals surface area contributed by atoms with E-state index in [1.165, 1.54) is 0 Å². The third-order valence-corrected chi connectivity index (χ3v) is 3.28. The molecule has 1 aliphatic rings. The summed E-state index contributed by atoms with van der Waals surface area (Å²) < 4.78 is 0. The number of nitrogens with zero attached hydrogens (tertiary/aromatic N) is 1. The average Bonchev–Trinajstić information content (AvgIpc) is 2.68. The molecule has 0 saturated carbocycles. The number of rotatable bonds is 1. The number of amides is 1. The third-order valence-electron chi connectivity index (χ3n) is 2.96. The number of fused-ring (bicyclic) bond motifs is 1. The van der Waals surface area contributed by atoms with Crippen LogP contribution in [0.1, 0.15) is 15.9 Å². The average molecular weight is 244 g/mol. The Bertz CT molecular complexity index is 594. The van der Waals surface area contributed by atoms with Gasteiger partial charge in [-0.1, -0.05) is 41.9 Å². The van der Waals surface area contributed by atoms with E-state index in [1.807, 2.05) is 42.5 Å². The van der Waals surface area contributed by atoms with Crippen molar-refractivity contribution in [3.8, 4) is 0 Å². The van der Waals surface area contributed by atoms with Crippen LogP contribution in [0.5, 0.6) is 0 Å². The SMILES string of the molecule is O=C1c2ccccc2CN1c1ccccc1Cl. The number of para-hydroxylation sites is 1. The fourth-order valence-electron chi connectivity index (χ4n) is 2.12. The maximum Gasteiger partial charge on any atom is 0.258 e. The maximum absolute atomic E-state index is 12.2. The van der Waals surface area contributed by atoms with Crippen molar-refractivity contribution in [3.63, 3.8) is 0 Å². The molecule has 0 unspecified atom stereocenters. The topological polar surface area (TPSA) is 20.3 Å². The van der Waals surface area contributed by atoms with Gasteiger partial charge in [0.05, 0.1) is 17.3 Å². The van der Waals surface area contributed by atoms with Crippen LogP contribution in [0.15, 0.2) is 48.5 Å². The standard InChI is InChI=1S/C14H10ClNO/c15-12-7-3-4-8-13(12)16-9-10-5-1-2-6-11(10)14(16)17/h1-8H,9H2. The van der Waals surface area contributed by atoms with Crippen molar-refractivity contribution in [1.29, 1.82) is 0 Å². The molecule has 3 rings (SSSR count). The van der Waals surface area contributed by atoms with E-state index in [2.05, 4.69) is 0 Å². The molecule has 1 heterocycles. The first-order chi connectivity index (χ1) is 8.27. The highest BCUT2D eigenvalue weighted by Crippen LogP contribution is 2.32. The van der Waals surface area contributed by atoms with Crippen LogP contribution >= 0.6 is 11.6 Å². The van der Waals surface area contributed by atoms with Crippen LogP contribution in [0.3, 0.4) is 0 Å². The Balaban J connectivity index is 2.05. The highest BCUT2D eigenvalue weighted by Gasteiger charge is 2.28. The van der Waals surface area contributed by atoms with E-state index in [0.717, 1.165) is 16.8 Å². The van der Waals surface area contributed by atoms with Gasteiger partial charge in [0.25, 0.3) is 5.91 Å². The smallest absolute Gasteiger partial charge is 0.258 e. The molecule has 2 aromatic rings. The van der Waals surface area contributed by atoms with Crippen molar-refractivity contribution in [1.82, 2.24) is 0 Å². The van der Waals surface area contributed by atoms with Gasteiger partial charge in [-0.25, -0.2) is 0 Å². The predicted octanol–water partition coefficient (Wildman–Crippen LogP) is 3.50. The molecule has 2 aromatic carbocycles. The van der Waals surface area contributed by atoms with Gasteiger partial charge in [0, 0.05) is 5.56 Å². The van der Waals surface area contributed by atoms with Crippen molar-refractivity contribution in [2.45, 2.75) is 6.54 Å². The van der Waals surface area contributed by atoms with Crippen molar-refractivity contribution in [3.05, 3.63) is 64.7 Å². The van der Waals surface area contributed by atoms with Gasteiger partial charge < -0.3 is 4.90 Å². The fourth-order valence-corrected chi connectivity index (χ4v) is 2.36. The number of carbonyl (C=O) groups is 1. The second-order valence-electron chi connectivity index (χ2n) is 4.00. The molecule has 1 amide bonds. The van der Waals surface area contributed by atoms with Crippen LogP contribution in [-0.4, -0.2) is 5.91 Å². The molecule has 0 N–H and O–H groups in total. The molecule has 1 aliphatic heterocycles. The fraction of sp³-hybridized carbons (Fsp3) is 0.0714. The molecule has 0 aliphatic carbocycles. The van der Waals surface area contributed by atoms with Gasteiger partial charge in [0.2, 0.25) is 0 Å². The molecule has 0 atom stereocenters. The molecule has 0 saturated heterocycles. The molecule has 3 heteroatoms. The lowest BCUT2D eigenvalue weighted by Gasteiger charge is -2.16. The summed E-state index contributed by atoms with van der Waals surface area (Å²) in [5.41, 5.74) is 2.60. The van der Waals surface area contributed by atoms with E-state index in [4.69, 9.17) is 11.6 Å². The Morgan fingerprint density at radius 2 is 1.71 bits per heavy atom. The lowest BCUT2D eigenvalue weighted by atomic mass is 10.1. The quantitative estimate of drug-likeness (QED) is 0.751. The normalized spacial score (nSPS) is 13.9. The maximum atomic E-state index is 12.2. The lowest BCUT2D eigenvalue weighted by molar-refractivity contribution is 0.0996. The van der Waals surface area contributed by atoms with Gasteiger partial charge in [-0.2, -0.15) is 0 Å². The van der Waals surface area contributed by atoms with Crippen LogP contribution in [0.25, 0.3) is 0 Å². The molecule has 0 aromatic heterocycles. The Morgan fingerprint density at radius 3 is 2.47 bits per heavy atom. The Kier molecular flexibility index (Phi) is 2.37. The van der Waals surface area contributed by atoms with E-state index in [1.54, 1.807) is 11.0 Å². The van der Waals surface area contributed by atoms with Crippen molar-refractivity contribution >= 4 is 23.2 Å². The Labute approximate surface area is 104 Å². The summed E-state index contributed by atoms with van der Waals surface area (Å²) in [4.78, 5) is 13.9. The molecule has 17 heavy (non-hydrogen) atoms. The minimum Gasteiger partial charge on any atom is -0.302 e. The summed E-state index contributed by atoms with van der Waals surface area (Å²) in [5.74, 6) is 0.0219. The minimum atomic E-state index is 0.0219. The van der Waals surface area contributed by atoms with Crippen molar-refractivity contribution in [2.75, 3.05) is 4.90 Å². The zero-order valence-corrected chi connectivity index (χ0v) is 9.82. The zero-order chi connectivity index (χ0) is 11.8. The summed E-state index contributed by atoms with van der Waals surface area (Å²) in [5, 5.41) is 0.605. The molecular weight excluding hydrogens is 234 g/mol. The number of benzene rings is 2. The largest absolute Gasteiger partial charge is 0.302 e. The number of halogens is 1. The first-order valence-corrected chi connectivity index (χ1v) is 5.79. The summed E-state index contributed by atoms with van der Waals surface area (Å²) >= 11 is 6.12. The summed E-state index contributed by atoms with van der Waals surface area (Å²) in [6, 6.07) is 15.1. The monoisotopic (exact) mass is 243 g/mol. The van der Waals surface area contributed by atoms with E-state index in [0.29, 0.717) is 11.6 Å². The summed E-state index contributed by atoms with van der Waals surface area (Å²) in [7, 11) is 0. The number of anilines is 1. The second-order valence-corrected chi connectivity index (χ2v) is 4.41. The number of carbonyl (C=O) groups excluding carboxylic acids is 1. The predicted molar refractivity (Wildman–Crippen MR) is 68.4 cm³/mol. The molecule has 84 valence electrons. The van der Waals surface area contributed by atoms with Crippen LogP contribution in [-0.2, 0) is 6.54 Å². The van der Waals surface area contributed by atoms with E-state index in [9.17, 15) is 4.79 Å². The van der Waals surface area contributed by atoms with E-state index >= 15 is 0 Å². The number of hydrogen-bond donors (Lipinski definition) is 0. The highest BCUT2D eigenvalue weighted by molar-refractivity contribution is 6.34. The Hall–Kier alpha value is -1.80. The molecule has 0 spiro atoms. The highest BCUT2D eigenvalue weighted by atomic mass is 35.5. The van der Waals surface area contributed by atoms with Crippen LogP contribution in [0.2, 0.25) is 5.02 Å². The molecular formula is C14H10ClNO. The van der Waals surface area contributed by atoms with Gasteiger partial charge in [-0.3, -0.25) is 4.79 Å². The molecule has 2 nitrogen and oxygen atoms in total. The van der Waals surface area contributed by atoms with Gasteiger partial charge >= 0.3 is 0 Å². The summed E-state index contributed by atoms with van der Waals surface area (Å²) in [6.07, 6.45) is 0. The van der Waals surface area contributed by atoms with Gasteiger partial charge in [-0.05, 0) is 23.8 Å². The van der Waals surface area contributed by atoms with Gasteiger partial charge in [0.15, 0.2) is 0 Å². The van der Waals surface area contributed by atoms with Crippen molar-refractivity contribution < 1.29 is 4.79 Å². The first-order valence-electron chi connectivity index (χ1n) is 5.41. The lowest BCUT2D eigenvalue weighted by Crippen LogP contribution is -2.23. The first kappa shape index (κ1) is 10.4. The molecule has 0 radical (unpaired) electrons. The molecule has 0 bridgehead atoms. The van der Waals surface area contributed by atoms with Gasteiger partial charge in [-0.15, -0.1) is 0 Å². The zero-order valence-electron chi connectivity index (χ0n) is 9.06. The number of hydrogen-bond acceptors (Lipinski definition) is 1. The van der Waals surface area contributed by atoms with E-state index < -0.39 is 0 Å². The second kappa shape index (κ2) is 3.90. The third kappa shape index (κ3) is 1.61.